The minimum absolute atomic E-state index is 0.251. The minimum atomic E-state index is -1.53. The van der Waals surface area contributed by atoms with E-state index >= 15 is 0 Å². The Kier molecular flexibility index (Phi) is 4.29. The van der Waals surface area contributed by atoms with E-state index in [1.165, 1.54) is 0 Å². The van der Waals surface area contributed by atoms with Crippen LogP contribution >= 0.6 is 0 Å². The van der Waals surface area contributed by atoms with Crippen molar-refractivity contribution in [2.75, 3.05) is 0 Å². The van der Waals surface area contributed by atoms with Crippen LogP contribution in [0.3, 0.4) is 0 Å². The number of rotatable bonds is 3. The van der Waals surface area contributed by atoms with Crippen molar-refractivity contribution < 1.29 is 19.0 Å². The Balaban J connectivity index is 1.93. The van der Waals surface area contributed by atoms with E-state index < -0.39 is 30.7 Å². The molecular formula is C13H18FNO3. The maximum Gasteiger partial charge on any atom is 0.191 e. The lowest BCUT2D eigenvalue weighted by molar-refractivity contribution is -0.256. The monoisotopic (exact) mass is 255 g/mol. The van der Waals surface area contributed by atoms with E-state index in [-0.39, 0.29) is 6.61 Å². The van der Waals surface area contributed by atoms with Crippen LogP contribution in [0.2, 0.25) is 0 Å². The van der Waals surface area contributed by atoms with Gasteiger partial charge in [0.05, 0.1) is 24.9 Å². The van der Waals surface area contributed by atoms with Crippen molar-refractivity contribution in [1.29, 1.82) is 0 Å². The Bertz CT molecular complexity index is 376. The molecule has 0 bridgehead atoms. The Morgan fingerprint density at radius 3 is 2.72 bits per heavy atom. The van der Waals surface area contributed by atoms with E-state index in [9.17, 15) is 9.50 Å². The van der Waals surface area contributed by atoms with E-state index in [1.807, 2.05) is 30.3 Å². The van der Waals surface area contributed by atoms with Gasteiger partial charge >= 0.3 is 0 Å². The largest absolute Gasteiger partial charge is 0.389 e. The molecule has 5 heteroatoms. The van der Waals surface area contributed by atoms with E-state index in [4.69, 9.17) is 15.2 Å². The predicted molar refractivity (Wildman–Crippen MR) is 64.4 cm³/mol. The van der Waals surface area contributed by atoms with Gasteiger partial charge in [0.2, 0.25) is 0 Å². The second kappa shape index (κ2) is 5.75. The van der Waals surface area contributed by atoms with Gasteiger partial charge in [-0.25, -0.2) is 4.39 Å². The molecule has 5 atom stereocenters. The van der Waals surface area contributed by atoms with Crippen LogP contribution in [0.15, 0.2) is 30.3 Å². The Morgan fingerprint density at radius 1 is 1.39 bits per heavy atom. The Morgan fingerprint density at radius 2 is 2.06 bits per heavy atom. The van der Waals surface area contributed by atoms with Gasteiger partial charge in [0.1, 0.15) is 0 Å². The molecule has 0 spiro atoms. The first kappa shape index (κ1) is 13.4. The van der Waals surface area contributed by atoms with E-state index in [1.54, 1.807) is 6.92 Å². The highest BCUT2D eigenvalue weighted by Crippen LogP contribution is 2.23. The molecule has 1 fully saturated rings. The highest BCUT2D eigenvalue weighted by atomic mass is 19.1. The summed E-state index contributed by atoms with van der Waals surface area (Å²) in [6, 6.07) is 8.45. The average molecular weight is 255 g/mol. The van der Waals surface area contributed by atoms with Crippen molar-refractivity contribution in [3.05, 3.63) is 35.9 Å². The van der Waals surface area contributed by atoms with E-state index in [0.717, 1.165) is 5.56 Å². The molecule has 18 heavy (non-hydrogen) atoms. The predicted octanol–water partition coefficient (Wildman–Crippen LogP) is 0.974. The third-order valence-electron chi connectivity index (χ3n) is 3.11. The summed E-state index contributed by atoms with van der Waals surface area (Å²) in [6.07, 6.45) is -4.09. The van der Waals surface area contributed by atoms with Gasteiger partial charge in [-0.2, -0.15) is 0 Å². The first-order valence-corrected chi connectivity index (χ1v) is 5.98. The number of benzene rings is 1. The van der Waals surface area contributed by atoms with E-state index in [0.29, 0.717) is 0 Å². The fourth-order valence-corrected chi connectivity index (χ4v) is 1.93. The highest BCUT2D eigenvalue weighted by molar-refractivity contribution is 5.13. The van der Waals surface area contributed by atoms with Crippen LogP contribution in [-0.4, -0.2) is 35.8 Å². The van der Waals surface area contributed by atoms with Gasteiger partial charge in [-0.3, -0.25) is 0 Å². The van der Waals surface area contributed by atoms with Crippen molar-refractivity contribution in [3.63, 3.8) is 0 Å². The normalized spacial score (nSPS) is 36.6. The van der Waals surface area contributed by atoms with Gasteiger partial charge < -0.3 is 20.3 Å². The van der Waals surface area contributed by atoms with Gasteiger partial charge in [-0.1, -0.05) is 30.3 Å². The average Bonchev–Trinajstić information content (AvgIpc) is 2.40. The molecule has 2 rings (SSSR count). The molecule has 100 valence electrons. The first-order chi connectivity index (χ1) is 8.59. The summed E-state index contributed by atoms with van der Waals surface area (Å²) in [5.74, 6) is 0. The quantitative estimate of drug-likeness (QED) is 0.845. The molecule has 0 aliphatic carbocycles. The second-order valence-corrected chi connectivity index (χ2v) is 4.52. The lowest BCUT2D eigenvalue weighted by Crippen LogP contribution is -2.59. The molecule has 0 radical (unpaired) electrons. The molecule has 3 N–H and O–H groups in total. The van der Waals surface area contributed by atoms with Gasteiger partial charge in [0.15, 0.2) is 12.5 Å². The topological polar surface area (TPSA) is 64.7 Å². The van der Waals surface area contributed by atoms with Crippen molar-refractivity contribution in [2.24, 2.45) is 5.73 Å². The number of alkyl halides is 1. The molecule has 1 saturated heterocycles. The van der Waals surface area contributed by atoms with Crippen LogP contribution in [0, 0.1) is 0 Å². The fraction of sp³-hybridized carbons (Fsp3) is 0.538. The fourth-order valence-electron chi connectivity index (χ4n) is 1.93. The molecule has 1 aromatic rings. The smallest absolute Gasteiger partial charge is 0.191 e. The third kappa shape index (κ3) is 2.87. The molecule has 0 saturated carbocycles. The number of nitrogens with two attached hydrogens (primary N) is 1. The zero-order valence-corrected chi connectivity index (χ0v) is 10.2. The number of aliphatic hydroxyl groups is 1. The van der Waals surface area contributed by atoms with Gasteiger partial charge in [0, 0.05) is 0 Å². The minimum Gasteiger partial charge on any atom is -0.389 e. The van der Waals surface area contributed by atoms with Crippen LogP contribution in [-0.2, 0) is 16.1 Å². The summed E-state index contributed by atoms with van der Waals surface area (Å²) < 4.78 is 24.5. The van der Waals surface area contributed by atoms with Gasteiger partial charge in [-0.05, 0) is 12.5 Å². The Labute approximate surface area is 106 Å². The molecule has 1 aliphatic heterocycles. The van der Waals surface area contributed by atoms with Crippen LogP contribution < -0.4 is 5.73 Å². The molecule has 0 unspecified atom stereocenters. The van der Waals surface area contributed by atoms with Crippen molar-refractivity contribution in [2.45, 2.75) is 44.2 Å². The van der Waals surface area contributed by atoms with Crippen LogP contribution in [0.25, 0.3) is 0 Å². The number of aliphatic hydroxyl groups excluding tert-OH is 1. The Hall–Kier alpha value is -1.01. The van der Waals surface area contributed by atoms with Crippen molar-refractivity contribution in [3.8, 4) is 0 Å². The van der Waals surface area contributed by atoms with Crippen LogP contribution in [0.4, 0.5) is 4.39 Å². The highest BCUT2D eigenvalue weighted by Gasteiger charge is 2.42. The van der Waals surface area contributed by atoms with Gasteiger partial charge in [0.25, 0.3) is 0 Å². The van der Waals surface area contributed by atoms with Gasteiger partial charge in [-0.15, -0.1) is 0 Å². The molecular weight excluding hydrogens is 237 g/mol. The van der Waals surface area contributed by atoms with Crippen molar-refractivity contribution >= 4 is 0 Å². The SMILES string of the molecule is C[C@@H]1O[C@H](OCc2ccccc2)[C@@H](F)[C@H](N)[C@@H]1O. The molecule has 4 nitrogen and oxygen atoms in total. The number of hydrogen-bond donors (Lipinski definition) is 2. The molecule has 0 aromatic heterocycles. The van der Waals surface area contributed by atoms with E-state index in [2.05, 4.69) is 0 Å². The number of ether oxygens (including phenoxy) is 2. The number of hydrogen-bond acceptors (Lipinski definition) is 4. The summed E-state index contributed by atoms with van der Waals surface area (Å²) in [4.78, 5) is 0. The molecule has 1 aliphatic rings. The molecule has 0 amide bonds. The molecule has 1 aromatic carbocycles. The van der Waals surface area contributed by atoms with Crippen molar-refractivity contribution in [1.82, 2.24) is 0 Å². The lowest BCUT2D eigenvalue weighted by Gasteiger charge is -2.38. The summed E-state index contributed by atoms with van der Waals surface area (Å²) in [5.41, 5.74) is 6.52. The summed E-state index contributed by atoms with van der Waals surface area (Å²) >= 11 is 0. The zero-order valence-electron chi connectivity index (χ0n) is 10.2. The maximum absolute atomic E-state index is 13.8. The first-order valence-electron chi connectivity index (χ1n) is 5.98. The summed E-state index contributed by atoms with van der Waals surface area (Å²) in [6.45, 7) is 1.90. The maximum atomic E-state index is 13.8. The number of halogens is 1. The lowest BCUT2D eigenvalue weighted by atomic mass is 9.99. The summed E-state index contributed by atoms with van der Waals surface area (Å²) in [7, 11) is 0. The third-order valence-corrected chi connectivity index (χ3v) is 3.11. The van der Waals surface area contributed by atoms with Crippen LogP contribution in [0.5, 0.6) is 0 Å². The second-order valence-electron chi connectivity index (χ2n) is 4.52. The zero-order chi connectivity index (χ0) is 13.1. The standard InChI is InChI=1S/C13H18FNO3/c1-8-12(16)11(15)10(14)13(18-8)17-7-9-5-3-2-4-6-9/h2-6,8,10-13,16H,7,15H2,1H3/t8-,10-,11-,12+,13-/m0/s1. The molecule has 1 heterocycles. The summed E-state index contributed by atoms with van der Waals surface area (Å²) in [5, 5.41) is 9.57. The van der Waals surface area contributed by atoms with Crippen LogP contribution in [0.1, 0.15) is 12.5 Å².